The summed E-state index contributed by atoms with van der Waals surface area (Å²) in [5.74, 6) is -7.73. The number of fused-ring (bicyclic) bond motifs is 1. The van der Waals surface area contributed by atoms with Crippen molar-refractivity contribution in [2.45, 2.75) is 136 Å². The van der Waals surface area contributed by atoms with Crippen LogP contribution in [0, 0.1) is 24.2 Å². The van der Waals surface area contributed by atoms with Gasteiger partial charge in [0.15, 0.2) is 0 Å². The maximum Gasteiger partial charge on any atom is 0.322 e. The van der Waals surface area contributed by atoms with Gasteiger partial charge in [-0.25, -0.2) is 4.98 Å². The second-order valence-corrected chi connectivity index (χ2v) is 18.1. The lowest BCUT2D eigenvalue weighted by atomic mass is 9.72. The van der Waals surface area contributed by atoms with Crippen LogP contribution in [-0.4, -0.2) is 122 Å². The number of ether oxygens (including phenoxy) is 3. The number of nitrogens with two attached hydrogens (primary N) is 1. The zero-order chi connectivity index (χ0) is 43.5. The number of carboxylic acids is 2. The van der Waals surface area contributed by atoms with E-state index in [1.165, 1.54) is 25.2 Å². The molecule has 9 atom stereocenters. The minimum absolute atomic E-state index is 0.179. The molecule has 0 aromatic carbocycles. The van der Waals surface area contributed by atoms with E-state index < -0.39 is 102 Å². The van der Waals surface area contributed by atoms with Crippen LogP contribution in [0.1, 0.15) is 97.2 Å². The minimum atomic E-state index is -1.45. The number of ketones is 1. The highest BCUT2D eigenvalue weighted by atomic mass is 32.2. The Morgan fingerprint density at radius 1 is 1.17 bits per heavy atom. The predicted molar refractivity (Wildman–Crippen MR) is 214 cm³/mol. The van der Waals surface area contributed by atoms with E-state index in [0.29, 0.717) is 25.7 Å². The van der Waals surface area contributed by atoms with Gasteiger partial charge in [0.2, 0.25) is 11.8 Å². The molecule has 2 amide bonds. The number of aromatic nitrogens is 1. The lowest BCUT2D eigenvalue weighted by molar-refractivity contribution is -0.159. The molecule has 1 aromatic rings. The number of carboxylic acid groups (broad SMARTS) is 2. The number of hydrogen-bond donors (Lipinski definition) is 6. The molecule has 3 rings (SSSR count). The molecule has 0 saturated carbocycles. The zero-order valence-corrected chi connectivity index (χ0v) is 35.7. The quantitative estimate of drug-likeness (QED) is 0.109. The Hall–Kier alpha value is -3.91. The number of aliphatic carboxylic acids is 2. The van der Waals surface area contributed by atoms with Crippen LogP contribution in [0.3, 0.4) is 0 Å². The van der Waals surface area contributed by atoms with E-state index in [9.17, 15) is 38.7 Å². The normalized spacial score (nSPS) is 27.9. The van der Waals surface area contributed by atoms with Crippen molar-refractivity contribution < 1.29 is 63.1 Å². The summed E-state index contributed by atoms with van der Waals surface area (Å²) in [6.45, 7) is 11.6. The van der Waals surface area contributed by atoms with Gasteiger partial charge in [0.05, 0.1) is 52.0 Å². The summed E-state index contributed by atoms with van der Waals surface area (Å²) in [7, 11) is 0. The first-order chi connectivity index (χ1) is 27.0. The number of rotatable bonds is 15. The van der Waals surface area contributed by atoms with E-state index in [4.69, 9.17) is 30.2 Å². The molecule has 58 heavy (non-hydrogen) atoms. The summed E-state index contributed by atoms with van der Waals surface area (Å²) in [6.07, 6.45) is -0.0901. The van der Waals surface area contributed by atoms with E-state index in [2.05, 4.69) is 15.6 Å². The fourth-order valence-electron chi connectivity index (χ4n) is 6.86. The molecule has 17 nitrogen and oxygen atoms in total. The Morgan fingerprint density at radius 3 is 2.48 bits per heavy atom. The first-order valence-corrected chi connectivity index (χ1v) is 21.3. The fourth-order valence-corrected chi connectivity index (χ4v) is 8.26. The number of nitrogens with one attached hydrogen (secondary N) is 2. The molecule has 0 spiro atoms. The maximum atomic E-state index is 14.1. The molecule has 2 fully saturated rings. The molecular weight excluding hydrogens is 797 g/mol. The first kappa shape index (κ1) is 48.5. The Kier molecular flexibility index (Phi) is 17.9. The van der Waals surface area contributed by atoms with Crippen LogP contribution in [0.25, 0.3) is 6.08 Å². The van der Waals surface area contributed by atoms with Crippen LogP contribution in [0.5, 0.6) is 0 Å². The third-order valence-corrected chi connectivity index (χ3v) is 12.5. The summed E-state index contributed by atoms with van der Waals surface area (Å²) in [5.41, 5.74) is 5.04. The van der Waals surface area contributed by atoms with Crippen LogP contribution in [0.15, 0.2) is 11.0 Å². The zero-order valence-electron chi connectivity index (χ0n) is 34.1. The average Bonchev–Trinajstić information content (AvgIpc) is 3.59. The van der Waals surface area contributed by atoms with Crippen molar-refractivity contribution >= 4 is 70.6 Å². The Morgan fingerprint density at radius 2 is 1.86 bits per heavy atom. The highest BCUT2D eigenvalue weighted by Gasteiger charge is 2.53. The number of hydrogen-bond acceptors (Lipinski definition) is 15. The number of aliphatic hydroxyl groups excluding tert-OH is 1. The van der Waals surface area contributed by atoms with Gasteiger partial charge in [0, 0.05) is 24.0 Å². The van der Waals surface area contributed by atoms with Gasteiger partial charge < -0.3 is 45.9 Å². The summed E-state index contributed by atoms with van der Waals surface area (Å²) in [6, 6.07) is -2.59. The van der Waals surface area contributed by atoms with Crippen LogP contribution in [0.4, 0.5) is 0 Å². The number of aliphatic hydroxyl groups is 1. The average molecular weight is 855 g/mol. The van der Waals surface area contributed by atoms with Gasteiger partial charge in [0.1, 0.15) is 36.6 Å². The monoisotopic (exact) mass is 854 g/mol. The van der Waals surface area contributed by atoms with E-state index >= 15 is 0 Å². The van der Waals surface area contributed by atoms with Crippen molar-refractivity contribution in [2.75, 3.05) is 18.1 Å². The van der Waals surface area contributed by atoms with Crippen LogP contribution < -0.4 is 16.4 Å². The number of esters is 2. The largest absolute Gasteiger partial charge is 0.480 e. The third kappa shape index (κ3) is 14.4. The van der Waals surface area contributed by atoms with Crippen molar-refractivity contribution in [2.24, 2.45) is 23.0 Å². The maximum absolute atomic E-state index is 14.1. The summed E-state index contributed by atoms with van der Waals surface area (Å²) < 4.78 is 18.0. The topological polar surface area (TPSA) is 274 Å². The van der Waals surface area contributed by atoms with Gasteiger partial charge in [-0.05, 0) is 57.6 Å². The molecule has 2 aliphatic rings. The summed E-state index contributed by atoms with van der Waals surface area (Å²) in [4.78, 5) is 92.6. The molecule has 0 bridgehead atoms. The number of nitrogens with zero attached hydrogens (tertiary/aromatic N) is 1. The first-order valence-electron chi connectivity index (χ1n) is 19.3. The number of Topliss-reactive ketones (excluding diaryl/α,β-unsaturated/α-hetero) is 1. The molecule has 7 N–H and O–H groups in total. The molecule has 0 unspecified atom stereocenters. The number of amides is 2. The van der Waals surface area contributed by atoms with Gasteiger partial charge >= 0.3 is 23.9 Å². The van der Waals surface area contributed by atoms with Crippen molar-refractivity contribution in [3.8, 4) is 0 Å². The Bertz CT molecular complexity index is 1700. The van der Waals surface area contributed by atoms with Gasteiger partial charge in [-0.1, -0.05) is 34.1 Å². The molecule has 2 aliphatic heterocycles. The summed E-state index contributed by atoms with van der Waals surface area (Å²) >= 11 is 2.43. The van der Waals surface area contributed by atoms with Gasteiger partial charge in [-0.15, -0.1) is 23.1 Å². The standard InChI is InChI=1S/C39H58N4O13S2/c1-20-9-8-12-39(7)29(56-39)14-27(21(2)13-24-17-58-23(4)42-24)54-32(48)15-28(44)38(5,6)35(50)22(3)34(20)55-33(49)19-57-18-26(36(51)41-16-31(46)47)43-30(45)11-10-25(40)37(52)53/h13,17,20,22,25-29,34,44H,8-12,14-16,18-19,40H2,1-7H3,(H,41,51)(H,43,45)(H,46,47)(H,52,53)/b21-13+/t20-,22+,25-,26-,27-,28-,29-,34-,39+/m0/s1. The SMILES string of the molecule is C/C(=C\c1csc(C)n1)[C@@H]1C[C@@H]2O[C@]2(C)CCC[C@H](C)[C@H](OC(=O)CSC[C@H](NC(=O)CC[C@H](N)C(=O)O)C(=O)NCC(=O)O)[C@@H](C)C(=O)C(C)(C)[C@@H](O)CC(=O)O1. The second-order valence-electron chi connectivity index (χ2n) is 16.0. The number of epoxide rings is 1. The highest BCUT2D eigenvalue weighted by Crippen LogP contribution is 2.45. The number of carbonyl (C=O) groups excluding carboxylic acids is 5. The second kappa shape index (κ2) is 21.4. The highest BCUT2D eigenvalue weighted by molar-refractivity contribution is 8.00. The lowest BCUT2D eigenvalue weighted by Gasteiger charge is -2.36. The van der Waals surface area contributed by atoms with Gasteiger partial charge in [-0.3, -0.25) is 33.6 Å². The molecule has 1 aromatic heterocycles. The van der Waals surface area contributed by atoms with E-state index in [1.807, 2.05) is 39.2 Å². The van der Waals surface area contributed by atoms with E-state index in [-0.39, 0.29) is 36.4 Å². The lowest BCUT2D eigenvalue weighted by Crippen LogP contribution is -2.49. The third-order valence-electron chi connectivity index (χ3n) is 10.7. The Balaban J connectivity index is 1.74. The predicted octanol–water partition coefficient (Wildman–Crippen LogP) is 2.64. The van der Waals surface area contributed by atoms with Crippen LogP contribution in [-0.2, 0) is 47.8 Å². The van der Waals surface area contributed by atoms with Gasteiger partial charge in [-0.2, -0.15) is 0 Å². The smallest absolute Gasteiger partial charge is 0.322 e. The number of thioether (sulfide) groups is 1. The number of aryl methyl sites for hydroxylation is 1. The number of thiazole rings is 1. The van der Waals surface area contributed by atoms with Crippen molar-refractivity contribution in [1.82, 2.24) is 15.6 Å². The molecular formula is C39H58N4O13S2. The van der Waals surface area contributed by atoms with E-state index in [0.717, 1.165) is 28.0 Å². The molecule has 324 valence electrons. The van der Waals surface area contributed by atoms with Crippen molar-refractivity contribution in [3.63, 3.8) is 0 Å². The van der Waals surface area contributed by atoms with Crippen molar-refractivity contribution in [3.05, 3.63) is 21.7 Å². The van der Waals surface area contributed by atoms with Crippen molar-refractivity contribution in [1.29, 1.82) is 0 Å². The van der Waals surface area contributed by atoms with Crippen LogP contribution >= 0.6 is 23.1 Å². The Labute approximate surface area is 346 Å². The molecule has 19 heteroatoms. The fraction of sp³-hybridized carbons (Fsp3) is 0.692. The molecule has 3 heterocycles. The molecule has 0 radical (unpaired) electrons. The molecule has 2 saturated heterocycles. The number of carbonyl (C=O) groups is 7. The summed E-state index contributed by atoms with van der Waals surface area (Å²) in [5, 5.41) is 36.7. The van der Waals surface area contributed by atoms with Crippen LogP contribution in [0.2, 0.25) is 0 Å². The van der Waals surface area contributed by atoms with E-state index in [1.54, 1.807) is 6.92 Å². The van der Waals surface area contributed by atoms with Gasteiger partial charge in [0.25, 0.3) is 0 Å². The number of cyclic esters (lactones) is 1. The minimum Gasteiger partial charge on any atom is -0.480 e. The molecule has 0 aliphatic carbocycles.